The molecular weight excluding hydrogens is 383 g/mol. The van der Waals surface area contributed by atoms with Gasteiger partial charge in [0.1, 0.15) is 12.2 Å². The van der Waals surface area contributed by atoms with E-state index in [1.165, 1.54) is 6.92 Å². The normalized spacial score (nSPS) is 20.0. The summed E-state index contributed by atoms with van der Waals surface area (Å²) in [7, 11) is 0. The zero-order valence-electron chi connectivity index (χ0n) is 15.0. The van der Waals surface area contributed by atoms with Crippen molar-refractivity contribution >= 4 is 17.2 Å². The molecule has 0 amide bonds. The van der Waals surface area contributed by atoms with Crippen LogP contribution in [0.25, 0.3) is 0 Å². The molecule has 0 aliphatic carbocycles. The van der Waals surface area contributed by atoms with Crippen LogP contribution in [0.15, 0.2) is 23.2 Å². The van der Waals surface area contributed by atoms with Crippen LogP contribution < -0.4 is 0 Å². The molecule has 1 aromatic rings. The van der Waals surface area contributed by atoms with Crippen LogP contribution in [-0.4, -0.2) is 68.1 Å². The average molecular weight is 405 g/mol. The molecule has 1 aliphatic heterocycles. The van der Waals surface area contributed by atoms with Crippen molar-refractivity contribution in [2.75, 3.05) is 6.61 Å². The van der Waals surface area contributed by atoms with E-state index >= 15 is 0 Å². The van der Waals surface area contributed by atoms with E-state index in [2.05, 4.69) is 4.99 Å². The van der Waals surface area contributed by atoms with Gasteiger partial charge < -0.3 is 25.5 Å². The van der Waals surface area contributed by atoms with Crippen molar-refractivity contribution in [1.29, 1.82) is 0 Å². The van der Waals surface area contributed by atoms with Crippen LogP contribution in [0.5, 0.6) is 0 Å². The van der Waals surface area contributed by atoms with Crippen LogP contribution in [0.1, 0.15) is 24.5 Å². The highest BCUT2D eigenvalue weighted by Crippen LogP contribution is 2.34. The first-order valence-corrected chi connectivity index (χ1v) is 8.59. The third-order valence-electron chi connectivity index (χ3n) is 4.81. The third-order valence-corrected chi connectivity index (χ3v) is 4.81. The Morgan fingerprint density at radius 3 is 2.32 bits per heavy atom. The van der Waals surface area contributed by atoms with Gasteiger partial charge in [0.15, 0.2) is 5.78 Å². The minimum atomic E-state index is -4.54. The van der Waals surface area contributed by atoms with Gasteiger partial charge in [-0.05, 0) is 23.8 Å². The number of alkyl halides is 3. The summed E-state index contributed by atoms with van der Waals surface area (Å²) in [5, 5.41) is 48.2. The maximum atomic E-state index is 12.8. The number of Topliss-reactive ketones (excluding diaryl/α,β-unsaturated/α-hetero) is 1. The van der Waals surface area contributed by atoms with Crippen molar-refractivity contribution in [3.05, 3.63) is 29.3 Å². The van der Waals surface area contributed by atoms with Gasteiger partial charge in [0.2, 0.25) is 0 Å². The SMILES string of the molecule is C[C@@H](C(O)[C@H](O)[C@H](O)CO)[C@H](O)CC1=Nc2ccc(C(F)(F)F)cc2CC1=O. The Bertz CT molecular complexity index is 751. The fourth-order valence-corrected chi connectivity index (χ4v) is 2.91. The molecule has 0 radical (unpaired) electrons. The molecule has 1 aliphatic rings. The Balaban J connectivity index is 2.15. The number of hydrogen-bond donors (Lipinski definition) is 5. The fourth-order valence-electron chi connectivity index (χ4n) is 2.91. The summed E-state index contributed by atoms with van der Waals surface area (Å²) in [5.74, 6) is -1.54. The van der Waals surface area contributed by atoms with E-state index in [4.69, 9.17) is 5.11 Å². The number of aliphatic hydroxyl groups excluding tert-OH is 5. The summed E-state index contributed by atoms with van der Waals surface area (Å²) < 4.78 is 38.4. The standard InChI is InChI=1S/C18H22F3NO6/c1-8(16(27)17(28)15(26)7-23)13(24)6-12-14(25)5-9-4-10(18(19,20)21)2-3-11(9)22-12/h2-4,8,13,15-17,23-24,26-28H,5-7H2,1H3/t8-,13-,15-,16?,17-/m1/s1. The molecule has 10 heteroatoms. The molecule has 1 aromatic carbocycles. The number of carbonyl (C=O) groups excluding carboxylic acids is 1. The smallest absolute Gasteiger partial charge is 0.394 e. The molecule has 2 rings (SSSR count). The van der Waals surface area contributed by atoms with Crippen molar-refractivity contribution in [3.63, 3.8) is 0 Å². The maximum Gasteiger partial charge on any atom is 0.416 e. The van der Waals surface area contributed by atoms with E-state index < -0.39 is 54.5 Å². The molecule has 7 nitrogen and oxygen atoms in total. The van der Waals surface area contributed by atoms with Crippen molar-refractivity contribution in [1.82, 2.24) is 0 Å². The molecule has 0 fully saturated rings. The van der Waals surface area contributed by atoms with E-state index in [0.717, 1.165) is 18.2 Å². The van der Waals surface area contributed by atoms with Crippen molar-refractivity contribution in [2.24, 2.45) is 10.9 Å². The van der Waals surface area contributed by atoms with Crippen LogP contribution in [-0.2, 0) is 17.4 Å². The zero-order chi connectivity index (χ0) is 21.2. The number of aliphatic hydroxyl groups is 5. The molecule has 5 N–H and O–H groups in total. The average Bonchev–Trinajstić information content (AvgIpc) is 2.64. The maximum absolute atomic E-state index is 12.8. The Hall–Kier alpha value is -1.85. The summed E-state index contributed by atoms with van der Waals surface area (Å²) >= 11 is 0. The molecule has 0 saturated heterocycles. The highest BCUT2D eigenvalue weighted by Gasteiger charge is 2.35. The summed E-state index contributed by atoms with van der Waals surface area (Å²) in [6, 6.07) is 2.87. The second kappa shape index (κ2) is 8.66. The summed E-state index contributed by atoms with van der Waals surface area (Å²) in [6.07, 6.45) is -11.3. The molecule has 1 unspecified atom stereocenters. The monoisotopic (exact) mass is 405 g/mol. The summed E-state index contributed by atoms with van der Waals surface area (Å²) in [6.45, 7) is 0.586. The molecule has 5 atom stereocenters. The first kappa shape index (κ1) is 22.4. The van der Waals surface area contributed by atoms with Gasteiger partial charge in [-0.15, -0.1) is 0 Å². The Morgan fingerprint density at radius 2 is 1.75 bits per heavy atom. The molecule has 0 spiro atoms. The number of nitrogens with zero attached hydrogens (tertiary/aromatic N) is 1. The van der Waals surface area contributed by atoms with Crippen molar-refractivity contribution in [3.8, 4) is 0 Å². The lowest BCUT2D eigenvalue weighted by Gasteiger charge is -2.30. The molecule has 0 bridgehead atoms. The predicted octanol–water partition coefficient (Wildman–Crippen LogP) is 0.365. The lowest BCUT2D eigenvalue weighted by Crippen LogP contribution is -2.46. The zero-order valence-corrected chi connectivity index (χ0v) is 15.0. The predicted molar refractivity (Wildman–Crippen MR) is 92.1 cm³/mol. The fraction of sp³-hybridized carbons (Fsp3) is 0.556. The van der Waals surface area contributed by atoms with Crippen molar-refractivity contribution in [2.45, 2.75) is 50.4 Å². The first-order chi connectivity index (χ1) is 13.0. The van der Waals surface area contributed by atoms with Gasteiger partial charge in [0, 0.05) is 18.8 Å². The van der Waals surface area contributed by atoms with E-state index in [9.17, 15) is 38.4 Å². The van der Waals surface area contributed by atoms with Gasteiger partial charge in [0.25, 0.3) is 0 Å². The highest BCUT2D eigenvalue weighted by molar-refractivity contribution is 6.41. The molecular formula is C18H22F3NO6. The quantitative estimate of drug-likeness (QED) is 0.445. The van der Waals surface area contributed by atoms with Crippen LogP contribution in [0.4, 0.5) is 18.9 Å². The molecule has 0 aromatic heterocycles. The van der Waals surface area contributed by atoms with Crippen LogP contribution >= 0.6 is 0 Å². The van der Waals surface area contributed by atoms with Crippen LogP contribution in [0, 0.1) is 5.92 Å². The number of aliphatic imine (C=N–C) groups is 1. The van der Waals surface area contributed by atoms with Gasteiger partial charge in [-0.3, -0.25) is 4.79 Å². The number of carbonyl (C=O) groups is 1. The van der Waals surface area contributed by atoms with Gasteiger partial charge >= 0.3 is 6.18 Å². The van der Waals surface area contributed by atoms with Crippen LogP contribution in [0.3, 0.4) is 0 Å². The number of benzene rings is 1. The molecule has 28 heavy (non-hydrogen) atoms. The second-order valence-electron chi connectivity index (χ2n) is 6.86. The highest BCUT2D eigenvalue weighted by atomic mass is 19.4. The third kappa shape index (κ3) is 4.95. The lowest BCUT2D eigenvalue weighted by molar-refractivity contribution is -0.137. The number of hydrogen-bond acceptors (Lipinski definition) is 7. The van der Waals surface area contributed by atoms with Gasteiger partial charge in [-0.1, -0.05) is 6.92 Å². The second-order valence-corrected chi connectivity index (χ2v) is 6.86. The summed E-state index contributed by atoms with van der Waals surface area (Å²) in [4.78, 5) is 16.3. The van der Waals surface area contributed by atoms with E-state index in [1.807, 2.05) is 0 Å². The number of ketones is 1. The minimum Gasteiger partial charge on any atom is -0.394 e. The van der Waals surface area contributed by atoms with Gasteiger partial charge in [-0.25, -0.2) is 4.99 Å². The summed E-state index contributed by atoms with van der Waals surface area (Å²) in [5.41, 5.74) is -0.617. The van der Waals surface area contributed by atoms with E-state index in [1.54, 1.807) is 0 Å². The first-order valence-electron chi connectivity index (χ1n) is 8.59. The number of fused-ring (bicyclic) bond motifs is 1. The Morgan fingerprint density at radius 1 is 1.11 bits per heavy atom. The Labute approximate surface area is 158 Å². The molecule has 0 saturated carbocycles. The molecule has 1 heterocycles. The minimum absolute atomic E-state index is 0.0593. The topological polar surface area (TPSA) is 131 Å². The van der Waals surface area contributed by atoms with E-state index in [0.29, 0.717) is 0 Å². The Kier molecular flexibility index (Phi) is 6.94. The number of rotatable bonds is 7. The lowest BCUT2D eigenvalue weighted by atomic mass is 9.87. The van der Waals surface area contributed by atoms with Gasteiger partial charge in [-0.2, -0.15) is 13.2 Å². The van der Waals surface area contributed by atoms with Crippen molar-refractivity contribution < 1.29 is 43.5 Å². The van der Waals surface area contributed by atoms with Gasteiger partial charge in [0.05, 0.1) is 35.8 Å². The van der Waals surface area contributed by atoms with Crippen LogP contribution in [0.2, 0.25) is 0 Å². The number of halogens is 3. The largest absolute Gasteiger partial charge is 0.416 e. The van der Waals surface area contributed by atoms with E-state index in [-0.39, 0.29) is 29.8 Å². The molecule has 156 valence electrons.